The molecule has 172 valence electrons. The van der Waals surface area contributed by atoms with Crippen LogP contribution in [0.4, 0.5) is 14.5 Å². The van der Waals surface area contributed by atoms with E-state index in [1.54, 1.807) is 23.4 Å². The number of piperidine rings is 1. The van der Waals surface area contributed by atoms with Crippen molar-refractivity contribution in [2.24, 2.45) is 18.9 Å². The van der Waals surface area contributed by atoms with Crippen LogP contribution in [-0.4, -0.2) is 44.3 Å². The zero-order valence-electron chi connectivity index (χ0n) is 18.0. The summed E-state index contributed by atoms with van der Waals surface area (Å²) in [4.78, 5) is 19.2. The van der Waals surface area contributed by atoms with Crippen molar-refractivity contribution in [2.45, 2.75) is 31.4 Å². The predicted octanol–water partition coefficient (Wildman–Crippen LogP) is 3.55. The molecule has 2 aromatic heterocycles. The zero-order chi connectivity index (χ0) is 22.9. The highest BCUT2D eigenvalue weighted by Gasteiger charge is 2.71. The Morgan fingerprint density at radius 1 is 1.30 bits per heavy atom. The predicted molar refractivity (Wildman–Crippen MR) is 121 cm³/mol. The molecular weight excluding hydrogens is 494 g/mol. The van der Waals surface area contributed by atoms with Gasteiger partial charge in [-0.3, -0.25) is 9.48 Å². The van der Waals surface area contributed by atoms with Gasteiger partial charge in [0.25, 0.3) is 11.8 Å². The molecule has 3 atom stereocenters. The minimum Gasteiger partial charge on any atom is -0.370 e. The number of carbonyl (C=O) groups excluding carboxylic acids is 1. The van der Waals surface area contributed by atoms with E-state index in [9.17, 15) is 13.6 Å². The van der Waals surface area contributed by atoms with Crippen LogP contribution in [0, 0.1) is 11.8 Å². The van der Waals surface area contributed by atoms with Crippen molar-refractivity contribution in [1.29, 1.82) is 0 Å². The molecule has 2 fully saturated rings. The third-order valence-corrected chi connectivity index (χ3v) is 7.96. The van der Waals surface area contributed by atoms with Crippen LogP contribution in [-0.2, 0) is 20.0 Å². The van der Waals surface area contributed by atoms with Crippen molar-refractivity contribution >= 4 is 27.5 Å². The maximum absolute atomic E-state index is 13.5. The summed E-state index contributed by atoms with van der Waals surface area (Å²) in [7, 11) is 1.97. The topological polar surface area (TPSA) is 68.0 Å². The number of nitrogens with one attached hydrogen (secondary N) is 1. The van der Waals surface area contributed by atoms with Crippen LogP contribution >= 0.6 is 15.9 Å². The molecule has 1 saturated heterocycles. The Morgan fingerprint density at radius 3 is 2.85 bits per heavy atom. The number of carbonyl (C=O) groups is 1. The third kappa shape index (κ3) is 3.46. The molecule has 10 heteroatoms. The van der Waals surface area contributed by atoms with Crippen molar-refractivity contribution in [3.8, 4) is 0 Å². The fraction of sp³-hybridized carbons (Fsp3) is 0.435. The van der Waals surface area contributed by atoms with Gasteiger partial charge in [-0.1, -0.05) is 22.0 Å². The fourth-order valence-electron chi connectivity index (χ4n) is 5.19. The summed E-state index contributed by atoms with van der Waals surface area (Å²) >= 11 is 3.61. The van der Waals surface area contributed by atoms with E-state index in [-0.39, 0.29) is 11.9 Å². The highest BCUT2D eigenvalue weighted by molar-refractivity contribution is 9.10. The van der Waals surface area contributed by atoms with Gasteiger partial charge >= 0.3 is 0 Å². The van der Waals surface area contributed by atoms with Crippen molar-refractivity contribution in [1.82, 2.24) is 24.6 Å². The second-order valence-electron chi connectivity index (χ2n) is 9.25. The maximum atomic E-state index is 13.5. The fourth-order valence-corrected chi connectivity index (χ4v) is 5.68. The lowest BCUT2D eigenvalue weighted by molar-refractivity contribution is 0.0797. The van der Waals surface area contributed by atoms with Gasteiger partial charge in [0.15, 0.2) is 0 Å². The molecule has 33 heavy (non-hydrogen) atoms. The monoisotopic (exact) mass is 516 g/mol. The minimum absolute atomic E-state index is 0.0738. The van der Waals surface area contributed by atoms with Crippen LogP contribution in [0.2, 0.25) is 0 Å². The number of hydrogen-bond acceptors (Lipinski definition) is 4. The number of anilines is 1. The summed E-state index contributed by atoms with van der Waals surface area (Å²) in [6.45, 7) is 1.30. The minimum atomic E-state index is -2.48. The van der Waals surface area contributed by atoms with Crippen molar-refractivity contribution in [3.63, 3.8) is 0 Å². The number of halogens is 3. The number of hydrogen-bond donors (Lipinski definition) is 1. The van der Waals surface area contributed by atoms with Gasteiger partial charge in [0.2, 0.25) is 0 Å². The van der Waals surface area contributed by atoms with Gasteiger partial charge in [-0.25, -0.2) is 13.8 Å². The quantitative estimate of drug-likeness (QED) is 0.563. The molecule has 1 aromatic carbocycles. The van der Waals surface area contributed by atoms with Crippen LogP contribution in [0.3, 0.4) is 0 Å². The first kappa shape index (κ1) is 20.8. The van der Waals surface area contributed by atoms with E-state index in [1.165, 1.54) is 5.69 Å². The van der Waals surface area contributed by atoms with E-state index in [0.717, 1.165) is 34.3 Å². The molecule has 0 radical (unpaired) electrons. The third-order valence-electron chi connectivity index (χ3n) is 7.23. The first-order valence-electron chi connectivity index (χ1n) is 11.1. The van der Waals surface area contributed by atoms with E-state index < -0.39 is 17.8 Å². The molecule has 6 rings (SSSR count). The molecule has 7 nitrogen and oxygen atoms in total. The number of fused-ring (bicyclic) bond motifs is 2. The maximum Gasteiger partial charge on any atom is 0.258 e. The Morgan fingerprint density at radius 2 is 2.09 bits per heavy atom. The molecule has 1 aliphatic heterocycles. The molecule has 3 heterocycles. The smallest absolute Gasteiger partial charge is 0.258 e. The van der Waals surface area contributed by atoms with Gasteiger partial charge < -0.3 is 14.8 Å². The van der Waals surface area contributed by atoms with Crippen LogP contribution < -0.4 is 10.2 Å². The number of nitrogens with zero attached hydrogens (tertiary/aromatic N) is 5. The lowest BCUT2D eigenvalue weighted by atomic mass is 10.2. The van der Waals surface area contributed by atoms with Gasteiger partial charge in [0.05, 0.1) is 48.2 Å². The largest absolute Gasteiger partial charge is 0.370 e. The van der Waals surface area contributed by atoms with Crippen LogP contribution in [0.5, 0.6) is 0 Å². The summed E-state index contributed by atoms with van der Waals surface area (Å²) in [5, 5.41) is 7.42. The number of aromatic nitrogens is 4. The average Bonchev–Trinajstić information content (AvgIpc) is 3.41. The molecule has 1 amide bonds. The lowest BCUT2D eigenvalue weighted by Crippen LogP contribution is -2.27. The van der Waals surface area contributed by atoms with Crippen molar-refractivity contribution in [2.75, 3.05) is 18.0 Å². The Bertz CT molecular complexity index is 1240. The molecular formula is C23H23BrF2N6O. The SMILES string of the molecule is Cn1cnc2c1CC[C@H]2NC(=O)c1cnn(Cc2ccc(N3CC4C(C3)C4(F)F)cc2Br)c1. The first-order chi connectivity index (χ1) is 15.8. The molecule has 3 aromatic rings. The van der Waals surface area contributed by atoms with Gasteiger partial charge in [0, 0.05) is 42.2 Å². The molecule has 3 aliphatic rings. The number of imidazole rings is 1. The molecule has 1 saturated carbocycles. The standard InChI is InChI=1S/C23H23BrF2N6O/c1-30-12-27-21-19(4-5-20(21)30)29-22(33)14-7-28-32(9-14)8-13-2-3-15(6-18(13)24)31-10-16-17(11-31)23(16,25)26/h2-3,6-7,9,12,16-17,19H,4-5,8,10-11H2,1H3,(H,29,33)/t16?,17?,19-/m1/s1. The van der Waals surface area contributed by atoms with Gasteiger partial charge in [-0.15, -0.1) is 0 Å². The summed E-state index contributed by atoms with van der Waals surface area (Å²) in [6, 6.07) is 5.84. The number of aryl methyl sites for hydroxylation is 1. The summed E-state index contributed by atoms with van der Waals surface area (Å²) in [5.41, 5.74) is 4.56. The van der Waals surface area contributed by atoms with Crippen molar-refractivity contribution < 1.29 is 13.6 Å². The van der Waals surface area contributed by atoms with Crippen LogP contribution in [0.1, 0.15) is 39.8 Å². The number of alkyl halides is 2. The van der Waals surface area contributed by atoms with Crippen LogP contribution in [0.25, 0.3) is 0 Å². The van der Waals surface area contributed by atoms with Gasteiger partial charge in [-0.05, 0) is 30.5 Å². The van der Waals surface area contributed by atoms with E-state index in [2.05, 4.69) is 31.3 Å². The van der Waals surface area contributed by atoms with E-state index in [4.69, 9.17) is 0 Å². The Balaban J connectivity index is 1.10. The highest BCUT2D eigenvalue weighted by atomic mass is 79.9. The second-order valence-corrected chi connectivity index (χ2v) is 10.1. The molecule has 0 spiro atoms. The van der Waals surface area contributed by atoms with E-state index in [0.29, 0.717) is 25.2 Å². The van der Waals surface area contributed by atoms with E-state index in [1.807, 2.05) is 34.7 Å². The zero-order valence-corrected chi connectivity index (χ0v) is 19.6. The first-order valence-corrected chi connectivity index (χ1v) is 11.8. The van der Waals surface area contributed by atoms with Gasteiger partial charge in [0.1, 0.15) is 0 Å². The van der Waals surface area contributed by atoms with Crippen molar-refractivity contribution in [3.05, 3.63) is 63.9 Å². The lowest BCUT2D eigenvalue weighted by Gasteiger charge is -2.22. The average molecular weight is 517 g/mol. The van der Waals surface area contributed by atoms with E-state index >= 15 is 0 Å². The molecule has 1 N–H and O–H groups in total. The summed E-state index contributed by atoms with van der Waals surface area (Å²) in [6.07, 6.45) is 6.84. The number of rotatable bonds is 5. The second kappa shape index (κ2) is 7.38. The Kier molecular flexibility index (Phi) is 4.66. The number of benzene rings is 1. The molecule has 0 bridgehead atoms. The molecule has 2 aliphatic carbocycles. The summed E-state index contributed by atoms with van der Waals surface area (Å²) in [5.74, 6) is -3.64. The Hall–Kier alpha value is -2.75. The van der Waals surface area contributed by atoms with Crippen LogP contribution in [0.15, 0.2) is 41.4 Å². The number of amides is 1. The highest BCUT2D eigenvalue weighted by Crippen LogP contribution is 2.59. The van der Waals surface area contributed by atoms with Gasteiger partial charge in [-0.2, -0.15) is 5.10 Å². The normalized spacial score (nSPS) is 24.6. The molecule has 2 unspecified atom stereocenters. The summed E-state index contributed by atoms with van der Waals surface area (Å²) < 4.78 is 31.6. The Labute approximate surface area is 197 Å².